The Morgan fingerprint density at radius 1 is 1.07 bits per heavy atom. The summed E-state index contributed by atoms with van der Waals surface area (Å²) in [4.78, 5) is 16.8. The molecule has 6 heteroatoms. The summed E-state index contributed by atoms with van der Waals surface area (Å²) in [5.74, 6) is 0.0856. The highest BCUT2D eigenvalue weighted by Crippen LogP contribution is 2.33. The van der Waals surface area contributed by atoms with Crippen LogP contribution in [0.4, 0.5) is 0 Å². The number of carbonyl (C=O) groups excluding carboxylic acids is 1. The molecule has 3 unspecified atom stereocenters. The standard InChI is InChI=1S/C23H23NO5/c25-20(16-9-5-2-6-10-16)21(26)22-24-18-12-11-17(13-19(18)29-22)23(27)28-14-15-7-3-1-4-8-15/h1-10,17,20-21,25-26H,11-14H2. The SMILES string of the molecule is O=C(OCc1ccccc1)C1CCc2nc(C(O)C(O)c3ccccc3)oc2C1. The molecule has 4 rings (SSSR count). The molecular formula is C23H23NO5. The minimum atomic E-state index is -1.27. The molecule has 1 aromatic heterocycles. The molecule has 0 saturated heterocycles. The lowest BCUT2D eigenvalue weighted by atomic mass is 9.90. The quantitative estimate of drug-likeness (QED) is 0.625. The first kappa shape index (κ1) is 19.4. The van der Waals surface area contributed by atoms with Crippen molar-refractivity contribution in [3.8, 4) is 0 Å². The zero-order chi connectivity index (χ0) is 20.2. The number of aromatic nitrogens is 1. The van der Waals surface area contributed by atoms with Crippen LogP contribution in [-0.4, -0.2) is 21.2 Å². The fourth-order valence-electron chi connectivity index (χ4n) is 3.54. The van der Waals surface area contributed by atoms with E-state index in [-0.39, 0.29) is 24.4 Å². The predicted molar refractivity (Wildman–Crippen MR) is 105 cm³/mol. The average molecular weight is 393 g/mol. The smallest absolute Gasteiger partial charge is 0.309 e. The highest BCUT2D eigenvalue weighted by Gasteiger charge is 2.32. The number of hydrogen-bond acceptors (Lipinski definition) is 6. The molecule has 2 aromatic carbocycles. The van der Waals surface area contributed by atoms with Gasteiger partial charge in [0, 0.05) is 6.42 Å². The van der Waals surface area contributed by atoms with Crippen molar-refractivity contribution in [3.63, 3.8) is 0 Å². The summed E-state index contributed by atoms with van der Waals surface area (Å²) in [6.45, 7) is 0.243. The van der Waals surface area contributed by atoms with Gasteiger partial charge in [0.25, 0.3) is 0 Å². The number of esters is 1. The molecule has 29 heavy (non-hydrogen) atoms. The number of aliphatic hydroxyl groups excluding tert-OH is 2. The van der Waals surface area contributed by atoms with Gasteiger partial charge < -0.3 is 19.4 Å². The first-order valence-electron chi connectivity index (χ1n) is 9.72. The molecule has 3 aromatic rings. The van der Waals surface area contributed by atoms with Crippen molar-refractivity contribution in [2.75, 3.05) is 0 Å². The maximum Gasteiger partial charge on any atom is 0.309 e. The van der Waals surface area contributed by atoms with Crippen LogP contribution in [0.1, 0.15) is 47.1 Å². The van der Waals surface area contributed by atoms with Gasteiger partial charge in [-0.25, -0.2) is 4.98 Å². The van der Waals surface area contributed by atoms with E-state index in [0.29, 0.717) is 30.6 Å². The first-order chi connectivity index (χ1) is 14.1. The molecular weight excluding hydrogens is 370 g/mol. The van der Waals surface area contributed by atoms with Crippen molar-refractivity contribution in [2.45, 2.75) is 38.1 Å². The van der Waals surface area contributed by atoms with Crippen molar-refractivity contribution in [2.24, 2.45) is 5.92 Å². The predicted octanol–water partition coefficient (Wildman–Crippen LogP) is 3.29. The molecule has 0 spiro atoms. The minimum absolute atomic E-state index is 0.0738. The van der Waals surface area contributed by atoms with E-state index < -0.39 is 12.2 Å². The maximum atomic E-state index is 12.4. The third-order valence-electron chi connectivity index (χ3n) is 5.21. The van der Waals surface area contributed by atoms with E-state index in [1.807, 2.05) is 36.4 Å². The van der Waals surface area contributed by atoms with Gasteiger partial charge in [-0.15, -0.1) is 0 Å². The van der Waals surface area contributed by atoms with Gasteiger partial charge >= 0.3 is 5.97 Å². The van der Waals surface area contributed by atoms with Crippen molar-refractivity contribution >= 4 is 5.97 Å². The molecule has 0 bridgehead atoms. The number of ether oxygens (including phenoxy) is 1. The van der Waals surface area contributed by atoms with Crippen LogP contribution in [-0.2, 0) is 29.0 Å². The summed E-state index contributed by atoms with van der Waals surface area (Å²) < 4.78 is 11.2. The highest BCUT2D eigenvalue weighted by atomic mass is 16.5. The van der Waals surface area contributed by atoms with Gasteiger partial charge in [0.1, 0.15) is 18.5 Å². The molecule has 0 aliphatic heterocycles. The molecule has 0 fully saturated rings. The number of hydrogen-bond donors (Lipinski definition) is 2. The van der Waals surface area contributed by atoms with Crippen molar-refractivity contribution in [1.29, 1.82) is 0 Å². The summed E-state index contributed by atoms with van der Waals surface area (Å²) in [5, 5.41) is 20.9. The highest BCUT2D eigenvalue weighted by molar-refractivity contribution is 5.73. The Morgan fingerprint density at radius 3 is 2.48 bits per heavy atom. The summed E-state index contributed by atoms with van der Waals surface area (Å²) in [6, 6.07) is 18.4. The normalized spacial score (nSPS) is 17.9. The Kier molecular flexibility index (Phi) is 5.74. The third-order valence-corrected chi connectivity index (χ3v) is 5.21. The number of aryl methyl sites for hydroxylation is 1. The number of rotatable bonds is 6. The van der Waals surface area contributed by atoms with Crippen LogP contribution in [0.15, 0.2) is 65.1 Å². The lowest BCUT2D eigenvalue weighted by Gasteiger charge is -2.18. The second-order valence-electron chi connectivity index (χ2n) is 7.26. The number of aliphatic hydroxyl groups is 2. The van der Waals surface area contributed by atoms with E-state index >= 15 is 0 Å². The van der Waals surface area contributed by atoms with E-state index in [4.69, 9.17) is 9.15 Å². The van der Waals surface area contributed by atoms with Gasteiger partial charge in [-0.2, -0.15) is 0 Å². The summed E-state index contributed by atoms with van der Waals surface area (Å²) in [6.07, 6.45) is -0.846. The molecule has 0 saturated carbocycles. The molecule has 3 atom stereocenters. The average Bonchev–Trinajstić information content (AvgIpc) is 3.21. The van der Waals surface area contributed by atoms with Gasteiger partial charge in [0.2, 0.25) is 5.89 Å². The largest absolute Gasteiger partial charge is 0.461 e. The van der Waals surface area contributed by atoms with Gasteiger partial charge in [-0.1, -0.05) is 60.7 Å². The second-order valence-corrected chi connectivity index (χ2v) is 7.26. The second kappa shape index (κ2) is 8.59. The topological polar surface area (TPSA) is 92.8 Å². The molecule has 1 heterocycles. The van der Waals surface area contributed by atoms with E-state index in [2.05, 4.69) is 4.98 Å². The summed E-state index contributed by atoms with van der Waals surface area (Å²) in [7, 11) is 0. The maximum absolute atomic E-state index is 12.4. The third kappa shape index (κ3) is 4.39. The molecule has 0 radical (unpaired) electrons. The Morgan fingerprint density at radius 2 is 1.76 bits per heavy atom. The monoisotopic (exact) mass is 393 g/mol. The van der Waals surface area contributed by atoms with E-state index in [9.17, 15) is 15.0 Å². The molecule has 0 amide bonds. The van der Waals surface area contributed by atoms with Crippen LogP contribution in [0.3, 0.4) is 0 Å². The lowest BCUT2D eigenvalue weighted by molar-refractivity contribution is -0.150. The Bertz CT molecular complexity index is 954. The van der Waals surface area contributed by atoms with Crippen LogP contribution in [0.25, 0.3) is 0 Å². The van der Waals surface area contributed by atoms with Crippen LogP contribution in [0.5, 0.6) is 0 Å². The number of oxazole rings is 1. The Hall–Kier alpha value is -2.96. The molecule has 1 aliphatic rings. The van der Waals surface area contributed by atoms with E-state index in [0.717, 1.165) is 11.3 Å². The van der Waals surface area contributed by atoms with Crippen molar-refractivity contribution < 1.29 is 24.2 Å². The van der Waals surface area contributed by atoms with E-state index in [1.165, 1.54) is 0 Å². The van der Waals surface area contributed by atoms with Crippen molar-refractivity contribution in [3.05, 3.63) is 89.1 Å². The molecule has 6 nitrogen and oxygen atoms in total. The number of fused-ring (bicyclic) bond motifs is 1. The number of benzene rings is 2. The van der Waals surface area contributed by atoms with Crippen molar-refractivity contribution in [1.82, 2.24) is 4.98 Å². The number of nitrogens with zero attached hydrogens (tertiary/aromatic N) is 1. The van der Waals surface area contributed by atoms with Gasteiger partial charge in [-0.3, -0.25) is 4.79 Å². The van der Waals surface area contributed by atoms with Crippen LogP contribution in [0.2, 0.25) is 0 Å². The Balaban J connectivity index is 1.40. The van der Waals surface area contributed by atoms with Crippen LogP contribution < -0.4 is 0 Å². The van der Waals surface area contributed by atoms with Gasteiger partial charge in [0.15, 0.2) is 6.10 Å². The number of carbonyl (C=O) groups is 1. The summed E-state index contributed by atoms with van der Waals surface area (Å²) in [5.41, 5.74) is 2.25. The van der Waals surface area contributed by atoms with Gasteiger partial charge in [0.05, 0.1) is 11.6 Å². The molecule has 150 valence electrons. The Labute approximate surface area is 168 Å². The molecule has 1 aliphatic carbocycles. The van der Waals surface area contributed by atoms with Crippen LogP contribution in [0, 0.1) is 5.92 Å². The summed E-state index contributed by atoms with van der Waals surface area (Å²) >= 11 is 0. The first-order valence-corrected chi connectivity index (χ1v) is 9.72. The lowest BCUT2D eigenvalue weighted by Crippen LogP contribution is -2.24. The van der Waals surface area contributed by atoms with Crippen LogP contribution >= 0.6 is 0 Å². The van der Waals surface area contributed by atoms with Gasteiger partial charge in [-0.05, 0) is 24.0 Å². The fourth-order valence-corrected chi connectivity index (χ4v) is 3.54. The molecule has 2 N–H and O–H groups in total. The van der Waals surface area contributed by atoms with E-state index in [1.54, 1.807) is 24.3 Å². The fraction of sp³-hybridized carbons (Fsp3) is 0.304. The zero-order valence-electron chi connectivity index (χ0n) is 15.9. The zero-order valence-corrected chi connectivity index (χ0v) is 15.9. The minimum Gasteiger partial charge on any atom is -0.461 e.